The molecule has 0 saturated carbocycles. The van der Waals surface area contributed by atoms with E-state index in [1.165, 1.54) is 0 Å². The van der Waals surface area contributed by atoms with Crippen LogP contribution in [0, 0.1) is 11.8 Å². The third-order valence-electron chi connectivity index (χ3n) is 3.73. The maximum Gasteiger partial charge on any atom is 0.334 e. The van der Waals surface area contributed by atoms with E-state index in [4.69, 9.17) is 4.74 Å². The third kappa shape index (κ3) is 2.48. The van der Waals surface area contributed by atoms with E-state index in [0.717, 1.165) is 10.9 Å². The summed E-state index contributed by atoms with van der Waals surface area (Å²) < 4.78 is 6.03. The first-order chi connectivity index (χ1) is 9.65. The van der Waals surface area contributed by atoms with Gasteiger partial charge in [-0.3, -0.25) is 4.79 Å². The van der Waals surface area contributed by atoms with Crippen molar-refractivity contribution in [2.75, 3.05) is 6.61 Å². The van der Waals surface area contributed by atoms with Crippen LogP contribution in [0.3, 0.4) is 0 Å². The maximum atomic E-state index is 11.9. The first-order valence-electron chi connectivity index (χ1n) is 6.49. The Morgan fingerprint density at radius 2 is 1.95 bits per heavy atom. The highest BCUT2D eigenvalue weighted by molar-refractivity contribution is 9.10. The van der Waals surface area contributed by atoms with Gasteiger partial charge in [-0.05, 0) is 24.5 Å². The number of rotatable bonds is 4. The SMILES string of the molecule is O=C(OCC(=O)c1ccc(Br)cc1)C1=CCC2C=CC12. The molecule has 0 N–H and O–H groups in total. The van der Waals surface area contributed by atoms with Crippen LogP contribution in [0.25, 0.3) is 0 Å². The van der Waals surface area contributed by atoms with Crippen LogP contribution in [0.4, 0.5) is 0 Å². The van der Waals surface area contributed by atoms with E-state index < -0.39 is 0 Å². The summed E-state index contributed by atoms with van der Waals surface area (Å²) >= 11 is 3.31. The molecule has 0 heterocycles. The smallest absolute Gasteiger partial charge is 0.334 e. The zero-order valence-corrected chi connectivity index (χ0v) is 12.3. The topological polar surface area (TPSA) is 43.4 Å². The quantitative estimate of drug-likeness (QED) is 0.482. The highest BCUT2D eigenvalue weighted by atomic mass is 79.9. The molecule has 1 aromatic rings. The largest absolute Gasteiger partial charge is 0.454 e. The molecular weight excluding hydrogens is 320 g/mol. The molecular formula is C16H13BrO3. The van der Waals surface area contributed by atoms with Gasteiger partial charge in [-0.25, -0.2) is 4.79 Å². The lowest BCUT2D eigenvalue weighted by molar-refractivity contribution is -0.138. The summed E-state index contributed by atoms with van der Waals surface area (Å²) in [5, 5.41) is 0. The van der Waals surface area contributed by atoms with Gasteiger partial charge < -0.3 is 4.74 Å². The van der Waals surface area contributed by atoms with Crippen molar-refractivity contribution < 1.29 is 14.3 Å². The van der Waals surface area contributed by atoms with Gasteiger partial charge >= 0.3 is 5.97 Å². The van der Waals surface area contributed by atoms with Gasteiger partial charge in [-0.15, -0.1) is 0 Å². The first kappa shape index (κ1) is 13.3. The zero-order valence-electron chi connectivity index (χ0n) is 10.7. The van der Waals surface area contributed by atoms with Gasteiger partial charge in [0.1, 0.15) is 0 Å². The number of carbonyl (C=O) groups is 2. The first-order valence-corrected chi connectivity index (χ1v) is 7.29. The van der Waals surface area contributed by atoms with Crippen molar-refractivity contribution in [3.05, 3.63) is 58.1 Å². The van der Waals surface area contributed by atoms with E-state index in [-0.39, 0.29) is 24.3 Å². The number of ether oxygens (including phenoxy) is 1. The third-order valence-corrected chi connectivity index (χ3v) is 4.26. The van der Waals surface area contributed by atoms with Crippen molar-refractivity contribution in [1.29, 1.82) is 0 Å². The monoisotopic (exact) mass is 332 g/mol. The van der Waals surface area contributed by atoms with E-state index in [2.05, 4.69) is 22.0 Å². The molecule has 4 heteroatoms. The lowest BCUT2D eigenvalue weighted by Crippen LogP contribution is -2.22. The Hall–Kier alpha value is -1.68. The molecule has 1 aromatic carbocycles. The van der Waals surface area contributed by atoms with Crippen LogP contribution in [0.15, 0.2) is 52.5 Å². The predicted molar refractivity (Wildman–Crippen MR) is 78.3 cm³/mol. The average molecular weight is 333 g/mol. The van der Waals surface area contributed by atoms with Crippen LogP contribution >= 0.6 is 15.9 Å². The fourth-order valence-corrected chi connectivity index (χ4v) is 2.76. The lowest BCUT2D eigenvalue weighted by Gasteiger charge is -2.23. The second-order valence-corrected chi connectivity index (χ2v) is 5.89. The molecule has 20 heavy (non-hydrogen) atoms. The maximum absolute atomic E-state index is 11.9. The summed E-state index contributed by atoms with van der Waals surface area (Å²) in [6.45, 7) is -0.209. The van der Waals surface area contributed by atoms with Crippen LogP contribution in [0.1, 0.15) is 16.8 Å². The molecule has 0 bridgehead atoms. The van der Waals surface area contributed by atoms with E-state index in [0.29, 0.717) is 17.1 Å². The summed E-state index contributed by atoms with van der Waals surface area (Å²) in [4.78, 5) is 23.9. The van der Waals surface area contributed by atoms with Crippen molar-refractivity contribution in [2.45, 2.75) is 6.42 Å². The molecule has 0 fully saturated rings. The molecule has 0 radical (unpaired) electrons. The summed E-state index contributed by atoms with van der Waals surface area (Å²) in [5.41, 5.74) is 1.24. The van der Waals surface area contributed by atoms with Crippen LogP contribution in [-0.2, 0) is 9.53 Å². The molecule has 2 unspecified atom stereocenters. The van der Waals surface area contributed by atoms with Gasteiger partial charge in [0, 0.05) is 21.5 Å². The number of ketones is 1. The van der Waals surface area contributed by atoms with E-state index >= 15 is 0 Å². The average Bonchev–Trinajstić information content (AvgIpc) is 2.71. The van der Waals surface area contributed by atoms with Crippen LogP contribution in [0.5, 0.6) is 0 Å². The minimum absolute atomic E-state index is 0.190. The number of halogens is 1. The van der Waals surface area contributed by atoms with E-state index in [9.17, 15) is 9.59 Å². The number of fused-ring (bicyclic) bond motifs is 1. The number of hydrogen-bond acceptors (Lipinski definition) is 3. The standard InChI is InChI=1S/C16H13BrO3/c17-12-5-1-11(2-6-12)15(18)9-20-16(19)14-8-4-10-3-7-13(10)14/h1-3,5-8,10,13H,4,9H2. The van der Waals surface area contributed by atoms with Crippen molar-refractivity contribution >= 4 is 27.7 Å². The van der Waals surface area contributed by atoms with E-state index in [1.807, 2.05) is 12.2 Å². The van der Waals surface area contributed by atoms with Crippen molar-refractivity contribution in [3.63, 3.8) is 0 Å². The summed E-state index contributed by atoms with van der Waals surface area (Å²) in [5.74, 6) is 0.0995. The second-order valence-electron chi connectivity index (χ2n) is 4.98. The Labute approximate surface area is 125 Å². The number of benzene rings is 1. The molecule has 2 atom stereocenters. The van der Waals surface area contributed by atoms with Crippen molar-refractivity contribution in [3.8, 4) is 0 Å². The Morgan fingerprint density at radius 1 is 1.20 bits per heavy atom. The highest BCUT2D eigenvalue weighted by Crippen LogP contribution is 2.41. The van der Waals surface area contributed by atoms with Crippen molar-refractivity contribution in [2.24, 2.45) is 11.8 Å². The van der Waals surface area contributed by atoms with Crippen molar-refractivity contribution in [1.82, 2.24) is 0 Å². The molecule has 2 aliphatic carbocycles. The highest BCUT2D eigenvalue weighted by Gasteiger charge is 2.35. The van der Waals surface area contributed by atoms with Gasteiger partial charge in [-0.2, -0.15) is 0 Å². The molecule has 0 aromatic heterocycles. The fourth-order valence-electron chi connectivity index (χ4n) is 2.49. The molecule has 3 nitrogen and oxygen atoms in total. The molecule has 3 rings (SSSR count). The molecule has 0 amide bonds. The summed E-state index contributed by atoms with van der Waals surface area (Å²) in [6.07, 6.45) is 6.93. The minimum Gasteiger partial charge on any atom is -0.454 e. The molecule has 2 aliphatic rings. The fraction of sp³-hybridized carbons (Fsp3) is 0.250. The van der Waals surface area contributed by atoms with Gasteiger partial charge in [0.25, 0.3) is 0 Å². The van der Waals surface area contributed by atoms with Gasteiger partial charge in [0.15, 0.2) is 12.4 Å². The van der Waals surface area contributed by atoms with Crippen LogP contribution in [-0.4, -0.2) is 18.4 Å². The number of allylic oxidation sites excluding steroid dienone is 3. The van der Waals surface area contributed by atoms with Gasteiger partial charge in [0.05, 0.1) is 0 Å². The number of hydrogen-bond donors (Lipinski definition) is 0. The zero-order chi connectivity index (χ0) is 14.1. The molecule has 102 valence electrons. The Kier molecular flexibility index (Phi) is 3.57. The number of carbonyl (C=O) groups excluding carboxylic acids is 2. The minimum atomic E-state index is -0.368. The Bertz CT molecular complexity index is 613. The normalized spacial score (nSPS) is 22.8. The van der Waals surface area contributed by atoms with E-state index in [1.54, 1.807) is 24.3 Å². The second kappa shape index (κ2) is 5.37. The number of Topliss-reactive ketones (excluding diaryl/α,β-unsaturated/α-hetero) is 1. The van der Waals surface area contributed by atoms with Gasteiger partial charge in [-0.1, -0.05) is 46.3 Å². The molecule has 0 saturated heterocycles. The number of esters is 1. The predicted octanol–water partition coefficient (Wildman–Crippen LogP) is 3.31. The molecule has 0 aliphatic heterocycles. The lowest BCUT2D eigenvalue weighted by atomic mass is 9.81. The molecule has 0 spiro atoms. The van der Waals surface area contributed by atoms with Crippen LogP contribution in [0.2, 0.25) is 0 Å². The summed E-state index contributed by atoms with van der Waals surface area (Å²) in [7, 11) is 0. The van der Waals surface area contributed by atoms with Gasteiger partial charge in [0.2, 0.25) is 0 Å². The Balaban J connectivity index is 1.57. The Morgan fingerprint density at radius 3 is 2.55 bits per heavy atom. The van der Waals surface area contributed by atoms with Crippen LogP contribution < -0.4 is 0 Å². The summed E-state index contributed by atoms with van der Waals surface area (Å²) in [6, 6.07) is 7.00.